The molecule has 3 nitrogen and oxygen atoms in total. The van der Waals surface area contributed by atoms with Crippen LogP contribution in [0.15, 0.2) is 0 Å². The monoisotopic (exact) mass is 284 g/mol. The third-order valence-corrected chi connectivity index (χ3v) is 6.00. The van der Waals surface area contributed by atoms with Gasteiger partial charge < -0.3 is 4.74 Å². The van der Waals surface area contributed by atoms with E-state index in [1.54, 1.807) is 0 Å². The van der Waals surface area contributed by atoms with Crippen molar-refractivity contribution in [3.8, 4) is 0 Å². The van der Waals surface area contributed by atoms with E-state index in [0.29, 0.717) is 11.0 Å². The number of morpholine rings is 1. The second-order valence-electron chi connectivity index (χ2n) is 7.44. The summed E-state index contributed by atoms with van der Waals surface area (Å²) in [5.41, 5.74) is 0.903. The smallest absolute Gasteiger partial charge is 0.0594 e. The van der Waals surface area contributed by atoms with Gasteiger partial charge >= 0.3 is 0 Å². The highest BCUT2D eigenvalue weighted by Crippen LogP contribution is 2.63. The van der Waals surface area contributed by atoms with E-state index in [-0.39, 0.29) is 0 Å². The molecule has 0 spiro atoms. The molecule has 2 saturated heterocycles. The summed E-state index contributed by atoms with van der Waals surface area (Å²) >= 11 is 2.04. The zero-order chi connectivity index (χ0) is 13.7. The van der Waals surface area contributed by atoms with Crippen LogP contribution in [0.3, 0.4) is 0 Å². The van der Waals surface area contributed by atoms with Crippen molar-refractivity contribution in [2.24, 2.45) is 5.41 Å². The van der Waals surface area contributed by atoms with Crippen molar-refractivity contribution >= 4 is 11.8 Å². The van der Waals surface area contributed by atoms with Crippen molar-refractivity contribution in [2.45, 2.75) is 50.6 Å². The molecule has 2 aliphatic heterocycles. The summed E-state index contributed by atoms with van der Waals surface area (Å²) in [6.07, 6.45) is 5.07. The number of hydrogen-bond donors (Lipinski definition) is 0. The van der Waals surface area contributed by atoms with Gasteiger partial charge in [-0.2, -0.15) is 0 Å². The fraction of sp³-hybridized carbons (Fsp3) is 1.00. The number of ether oxygens (including phenoxy) is 1. The van der Waals surface area contributed by atoms with E-state index in [0.717, 1.165) is 37.7 Å². The van der Waals surface area contributed by atoms with Crippen LogP contribution < -0.4 is 0 Å². The Balaban J connectivity index is 1.67. The summed E-state index contributed by atoms with van der Waals surface area (Å²) < 4.78 is 5.47. The van der Waals surface area contributed by atoms with Gasteiger partial charge in [-0.25, -0.2) is 0 Å². The molecule has 2 heterocycles. The maximum absolute atomic E-state index is 5.47. The molecular formula is C15H28N2OS. The molecule has 3 atom stereocenters. The van der Waals surface area contributed by atoms with Crippen LogP contribution in [0.5, 0.6) is 0 Å². The van der Waals surface area contributed by atoms with Crippen LogP contribution in [0.4, 0.5) is 0 Å². The predicted molar refractivity (Wildman–Crippen MR) is 81.6 cm³/mol. The molecule has 1 unspecified atom stereocenters. The zero-order valence-corrected chi connectivity index (χ0v) is 13.6. The van der Waals surface area contributed by atoms with Crippen molar-refractivity contribution in [2.75, 3.05) is 39.1 Å². The van der Waals surface area contributed by atoms with Crippen LogP contribution in [0.1, 0.15) is 33.6 Å². The highest BCUT2D eigenvalue weighted by molar-refractivity contribution is 7.99. The molecule has 0 radical (unpaired) electrons. The quantitative estimate of drug-likeness (QED) is 0.790. The lowest BCUT2D eigenvalue weighted by molar-refractivity contribution is 0.0280. The minimum absolute atomic E-state index is 0.307. The first-order chi connectivity index (χ1) is 8.96. The molecular weight excluding hydrogens is 256 g/mol. The molecule has 0 aromatic heterocycles. The second-order valence-corrected chi connectivity index (χ2v) is 8.46. The molecule has 0 aromatic rings. The maximum atomic E-state index is 5.47. The minimum Gasteiger partial charge on any atom is -0.379 e. The average Bonchev–Trinajstić information content (AvgIpc) is 2.92. The van der Waals surface area contributed by atoms with Crippen LogP contribution >= 0.6 is 11.8 Å². The van der Waals surface area contributed by atoms with E-state index in [2.05, 4.69) is 36.8 Å². The van der Waals surface area contributed by atoms with Gasteiger partial charge in [0.1, 0.15) is 0 Å². The van der Waals surface area contributed by atoms with Crippen molar-refractivity contribution in [3.05, 3.63) is 0 Å². The molecule has 1 aliphatic carbocycles. The maximum Gasteiger partial charge on any atom is 0.0594 e. The summed E-state index contributed by atoms with van der Waals surface area (Å²) in [7, 11) is 0. The molecule has 110 valence electrons. The van der Waals surface area contributed by atoms with E-state index in [4.69, 9.17) is 4.74 Å². The van der Waals surface area contributed by atoms with Gasteiger partial charge in [0, 0.05) is 36.6 Å². The Bertz CT molecular complexity index is 338. The summed E-state index contributed by atoms with van der Waals surface area (Å²) in [6.45, 7) is 12.5. The van der Waals surface area contributed by atoms with E-state index in [1.165, 1.54) is 19.4 Å². The molecule has 0 bridgehead atoms. The lowest BCUT2D eigenvalue weighted by atomic mass is 10.0. The zero-order valence-electron chi connectivity index (χ0n) is 12.8. The van der Waals surface area contributed by atoms with Crippen LogP contribution in [0.2, 0.25) is 0 Å². The molecule has 3 aliphatic rings. The van der Waals surface area contributed by atoms with Crippen LogP contribution in [0.25, 0.3) is 0 Å². The predicted octanol–water partition coefficient (Wildman–Crippen LogP) is 2.27. The first-order valence-electron chi connectivity index (χ1n) is 7.58. The first kappa shape index (κ1) is 14.2. The molecule has 3 fully saturated rings. The topological polar surface area (TPSA) is 15.7 Å². The Morgan fingerprint density at radius 2 is 1.89 bits per heavy atom. The standard InChI is InChI=1S/C15H28N2OS/c1-14(2,3)17-12-9-15(12,10-13(17)19-4)11-16-5-7-18-8-6-16/h12-13H,5-11H2,1-4H3/t12?,13-,15-/m1/s1. The van der Waals surface area contributed by atoms with Gasteiger partial charge in [0.2, 0.25) is 0 Å². The largest absolute Gasteiger partial charge is 0.379 e. The number of fused-ring (bicyclic) bond motifs is 1. The molecule has 0 amide bonds. The van der Waals surface area contributed by atoms with E-state index in [9.17, 15) is 0 Å². The fourth-order valence-corrected chi connectivity index (χ4v) is 5.31. The summed E-state index contributed by atoms with van der Waals surface area (Å²) in [6, 6.07) is 0.827. The van der Waals surface area contributed by atoms with Gasteiger partial charge in [-0.05, 0) is 39.9 Å². The third-order valence-electron chi connectivity index (χ3n) is 5.06. The van der Waals surface area contributed by atoms with E-state index >= 15 is 0 Å². The molecule has 0 N–H and O–H groups in total. The number of likely N-dealkylation sites (tertiary alicyclic amines) is 1. The average molecular weight is 284 g/mol. The number of piperidine rings is 1. The SMILES string of the molecule is CS[C@@H]1C[C@@]2(CN3CCOCC3)CC2N1C(C)(C)C. The van der Waals surface area contributed by atoms with Gasteiger partial charge in [0.05, 0.1) is 18.6 Å². The van der Waals surface area contributed by atoms with Gasteiger partial charge in [-0.15, -0.1) is 11.8 Å². The number of hydrogen-bond acceptors (Lipinski definition) is 4. The second kappa shape index (κ2) is 4.90. The summed E-state index contributed by atoms with van der Waals surface area (Å²) in [5.74, 6) is 0. The van der Waals surface area contributed by atoms with Crippen molar-refractivity contribution in [3.63, 3.8) is 0 Å². The van der Waals surface area contributed by atoms with Gasteiger partial charge in [0.15, 0.2) is 0 Å². The first-order valence-corrected chi connectivity index (χ1v) is 8.86. The van der Waals surface area contributed by atoms with Crippen LogP contribution in [0, 0.1) is 5.41 Å². The van der Waals surface area contributed by atoms with Crippen molar-refractivity contribution in [1.82, 2.24) is 9.80 Å². The van der Waals surface area contributed by atoms with Gasteiger partial charge in [0.25, 0.3) is 0 Å². The molecule has 1 saturated carbocycles. The van der Waals surface area contributed by atoms with Crippen molar-refractivity contribution in [1.29, 1.82) is 0 Å². The van der Waals surface area contributed by atoms with Crippen molar-refractivity contribution < 1.29 is 4.74 Å². The normalized spacial score (nSPS) is 40.4. The summed E-state index contributed by atoms with van der Waals surface area (Å²) in [4.78, 5) is 5.42. The Labute approximate surface area is 122 Å². The Morgan fingerprint density at radius 1 is 1.21 bits per heavy atom. The molecule has 0 aromatic carbocycles. The summed E-state index contributed by atoms with van der Waals surface area (Å²) in [5, 5.41) is 0.722. The number of thioether (sulfide) groups is 1. The Morgan fingerprint density at radius 3 is 2.42 bits per heavy atom. The third kappa shape index (κ3) is 2.57. The van der Waals surface area contributed by atoms with E-state index < -0.39 is 0 Å². The Kier molecular flexibility index (Phi) is 3.66. The lowest BCUT2D eigenvalue weighted by Gasteiger charge is -2.38. The van der Waals surface area contributed by atoms with Crippen LogP contribution in [-0.2, 0) is 4.74 Å². The van der Waals surface area contributed by atoms with E-state index in [1.807, 2.05) is 11.8 Å². The number of rotatable bonds is 3. The molecule has 3 rings (SSSR count). The van der Waals surface area contributed by atoms with Gasteiger partial charge in [-0.3, -0.25) is 9.80 Å². The highest BCUT2D eigenvalue weighted by atomic mass is 32.2. The highest BCUT2D eigenvalue weighted by Gasteiger charge is 2.66. The fourth-order valence-electron chi connectivity index (χ4n) is 4.12. The Hall–Kier alpha value is 0.230. The number of nitrogens with zero attached hydrogens (tertiary/aromatic N) is 2. The lowest BCUT2D eigenvalue weighted by Crippen LogP contribution is -2.45. The minimum atomic E-state index is 0.307. The van der Waals surface area contributed by atoms with Gasteiger partial charge in [-0.1, -0.05) is 0 Å². The molecule has 19 heavy (non-hydrogen) atoms. The van der Waals surface area contributed by atoms with Crippen LogP contribution in [-0.4, -0.2) is 65.9 Å². The molecule has 4 heteroatoms.